The van der Waals surface area contributed by atoms with Crippen molar-refractivity contribution in [2.45, 2.75) is 25.4 Å². The Morgan fingerprint density at radius 2 is 2.06 bits per heavy atom. The maximum atomic E-state index is 10.5. The van der Waals surface area contributed by atoms with Crippen molar-refractivity contribution >= 4 is 11.4 Å². The lowest BCUT2D eigenvalue weighted by Crippen LogP contribution is -2.45. The van der Waals surface area contributed by atoms with Gasteiger partial charge in [0.15, 0.2) is 0 Å². The molecule has 0 amide bonds. The second-order valence-corrected chi connectivity index (χ2v) is 5.24. The van der Waals surface area contributed by atoms with Crippen LogP contribution < -0.4 is 10.6 Å². The number of nitrogens with two attached hydrogens (primary N) is 1. The van der Waals surface area contributed by atoms with Crippen LogP contribution in [0.3, 0.4) is 0 Å². The molecule has 2 rings (SSSR count). The van der Waals surface area contributed by atoms with Gasteiger partial charge in [-0.2, -0.15) is 0 Å². The minimum absolute atomic E-state index is 0.612. The zero-order valence-corrected chi connectivity index (χ0v) is 11.1. The van der Waals surface area contributed by atoms with Crippen LogP contribution in [0.4, 0.5) is 11.4 Å². The average molecular weight is 250 g/mol. The summed E-state index contributed by atoms with van der Waals surface area (Å²) in [6, 6.07) is 5.86. The quantitative estimate of drug-likeness (QED) is 0.799. The highest BCUT2D eigenvalue weighted by molar-refractivity contribution is 5.60. The molecule has 100 valence electrons. The molecule has 1 fully saturated rings. The summed E-state index contributed by atoms with van der Waals surface area (Å²) >= 11 is 0. The fraction of sp³-hybridized carbons (Fsp3) is 0.571. The fourth-order valence-corrected chi connectivity index (χ4v) is 2.47. The number of nitrogen functional groups attached to an aromatic ring is 1. The van der Waals surface area contributed by atoms with Crippen molar-refractivity contribution in [2.75, 3.05) is 37.4 Å². The lowest BCUT2D eigenvalue weighted by molar-refractivity contribution is -0.0572. The molecule has 1 aromatic carbocycles. The summed E-state index contributed by atoms with van der Waals surface area (Å²) in [7, 11) is 2.00. The molecule has 1 heterocycles. The van der Waals surface area contributed by atoms with Crippen molar-refractivity contribution in [3.05, 3.63) is 23.8 Å². The molecular weight excluding hydrogens is 228 g/mol. The van der Waals surface area contributed by atoms with E-state index in [1.165, 1.54) is 5.56 Å². The predicted octanol–water partition coefficient (Wildman–Crippen LogP) is 1.55. The summed E-state index contributed by atoms with van der Waals surface area (Å²) < 4.78 is 5.30. The van der Waals surface area contributed by atoms with E-state index in [1.54, 1.807) is 0 Å². The van der Waals surface area contributed by atoms with Gasteiger partial charge in [-0.1, -0.05) is 6.07 Å². The second-order valence-electron chi connectivity index (χ2n) is 5.24. The molecule has 0 unspecified atom stereocenters. The highest BCUT2D eigenvalue weighted by Crippen LogP contribution is 2.27. The van der Waals surface area contributed by atoms with Crippen LogP contribution in [0.2, 0.25) is 0 Å². The summed E-state index contributed by atoms with van der Waals surface area (Å²) in [4.78, 5) is 2.08. The van der Waals surface area contributed by atoms with E-state index in [1.807, 2.05) is 25.2 Å². The van der Waals surface area contributed by atoms with Gasteiger partial charge in [-0.05, 0) is 24.6 Å². The predicted molar refractivity (Wildman–Crippen MR) is 73.9 cm³/mol. The van der Waals surface area contributed by atoms with Gasteiger partial charge in [0.1, 0.15) is 0 Å². The van der Waals surface area contributed by atoms with Gasteiger partial charge >= 0.3 is 0 Å². The Hall–Kier alpha value is -1.26. The molecule has 1 aliphatic heterocycles. The normalized spacial score (nSPS) is 18.6. The molecule has 0 aliphatic carbocycles. The van der Waals surface area contributed by atoms with E-state index in [9.17, 15) is 5.11 Å². The van der Waals surface area contributed by atoms with E-state index >= 15 is 0 Å². The van der Waals surface area contributed by atoms with Crippen LogP contribution in [-0.2, 0) is 4.74 Å². The zero-order chi connectivity index (χ0) is 13.2. The maximum Gasteiger partial charge on any atom is 0.0865 e. The van der Waals surface area contributed by atoms with Crippen molar-refractivity contribution in [2.24, 2.45) is 0 Å². The van der Waals surface area contributed by atoms with Gasteiger partial charge in [0, 0.05) is 51.0 Å². The summed E-state index contributed by atoms with van der Waals surface area (Å²) in [6.07, 6.45) is 1.39. The van der Waals surface area contributed by atoms with E-state index in [0.717, 1.165) is 11.4 Å². The monoisotopic (exact) mass is 250 g/mol. The number of aryl methyl sites for hydroxylation is 1. The van der Waals surface area contributed by atoms with Gasteiger partial charge in [-0.15, -0.1) is 0 Å². The number of aliphatic hydroxyl groups is 1. The summed E-state index contributed by atoms with van der Waals surface area (Å²) in [5.41, 5.74) is 8.17. The third-order valence-electron chi connectivity index (χ3n) is 3.60. The van der Waals surface area contributed by atoms with Crippen molar-refractivity contribution in [3.8, 4) is 0 Å². The Morgan fingerprint density at radius 3 is 2.72 bits per heavy atom. The Bertz CT molecular complexity index is 414. The number of anilines is 2. The summed E-state index contributed by atoms with van der Waals surface area (Å²) in [5.74, 6) is 0. The number of ether oxygens (including phenoxy) is 1. The molecule has 0 aromatic heterocycles. The molecule has 3 N–H and O–H groups in total. The highest BCUT2D eigenvalue weighted by atomic mass is 16.5. The van der Waals surface area contributed by atoms with Crippen LogP contribution in [0.15, 0.2) is 18.2 Å². The molecule has 18 heavy (non-hydrogen) atoms. The molecule has 0 atom stereocenters. The number of benzene rings is 1. The topological polar surface area (TPSA) is 58.7 Å². The number of nitrogens with zero attached hydrogens (tertiary/aromatic N) is 1. The highest BCUT2D eigenvalue weighted by Gasteiger charge is 2.31. The maximum absolute atomic E-state index is 10.5. The van der Waals surface area contributed by atoms with Gasteiger partial charge in [0.25, 0.3) is 0 Å². The van der Waals surface area contributed by atoms with Gasteiger partial charge < -0.3 is 20.5 Å². The first kappa shape index (κ1) is 13.2. The van der Waals surface area contributed by atoms with E-state index in [-0.39, 0.29) is 0 Å². The number of likely N-dealkylation sites (N-methyl/N-ethyl adjacent to an activating group) is 1. The molecule has 4 heteroatoms. The molecule has 1 aromatic rings. The standard InChI is InChI=1S/C14H22N2O2/c1-11-3-4-12(15)9-13(11)16(2)10-14(17)5-7-18-8-6-14/h3-4,9,17H,5-8,10,15H2,1-2H3. The molecule has 0 radical (unpaired) electrons. The number of hydrogen-bond acceptors (Lipinski definition) is 4. The lowest BCUT2D eigenvalue weighted by atomic mass is 9.93. The Balaban J connectivity index is 2.11. The molecule has 1 saturated heterocycles. The largest absolute Gasteiger partial charge is 0.399 e. The van der Waals surface area contributed by atoms with E-state index in [2.05, 4.69) is 11.8 Å². The third kappa shape index (κ3) is 2.94. The van der Waals surface area contributed by atoms with Gasteiger partial charge in [-0.3, -0.25) is 0 Å². The van der Waals surface area contributed by atoms with E-state index in [4.69, 9.17) is 10.5 Å². The minimum atomic E-state index is -0.649. The SMILES string of the molecule is Cc1ccc(N)cc1N(C)CC1(O)CCOCC1. The molecule has 0 spiro atoms. The van der Waals surface area contributed by atoms with Gasteiger partial charge in [0.05, 0.1) is 5.60 Å². The minimum Gasteiger partial charge on any atom is -0.399 e. The van der Waals surface area contributed by atoms with Crippen LogP contribution in [0, 0.1) is 6.92 Å². The summed E-state index contributed by atoms with van der Waals surface area (Å²) in [5, 5.41) is 10.5. The van der Waals surface area contributed by atoms with Crippen LogP contribution in [0.1, 0.15) is 18.4 Å². The first-order valence-corrected chi connectivity index (χ1v) is 6.38. The Labute approximate surface area is 108 Å². The Morgan fingerprint density at radius 1 is 1.39 bits per heavy atom. The van der Waals surface area contributed by atoms with Crippen molar-refractivity contribution < 1.29 is 9.84 Å². The average Bonchev–Trinajstić information content (AvgIpc) is 2.32. The molecule has 1 aliphatic rings. The van der Waals surface area contributed by atoms with Crippen molar-refractivity contribution in [1.82, 2.24) is 0 Å². The van der Waals surface area contributed by atoms with Crippen molar-refractivity contribution in [3.63, 3.8) is 0 Å². The van der Waals surface area contributed by atoms with Crippen molar-refractivity contribution in [1.29, 1.82) is 0 Å². The first-order chi connectivity index (χ1) is 8.50. The van der Waals surface area contributed by atoms with Gasteiger partial charge in [-0.25, -0.2) is 0 Å². The number of hydrogen-bond donors (Lipinski definition) is 2. The number of rotatable bonds is 3. The smallest absolute Gasteiger partial charge is 0.0865 e. The van der Waals surface area contributed by atoms with Gasteiger partial charge in [0.2, 0.25) is 0 Å². The summed E-state index contributed by atoms with van der Waals surface area (Å²) in [6.45, 7) is 3.94. The van der Waals surface area contributed by atoms with Crippen LogP contribution in [0.25, 0.3) is 0 Å². The molecule has 4 nitrogen and oxygen atoms in total. The molecular formula is C14H22N2O2. The lowest BCUT2D eigenvalue weighted by Gasteiger charge is -2.36. The van der Waals surface area contributed by atoms with Crippen LogP contribution in [0.5, 0.6) is 0 Å². The molecule has 0 saturated carbocycles. The van der Waals surface area contributed by atoms with E-state index < -0.39 is 5.60 Å². The molecule has 0 bridgehead atoms. The third-order valence-corrected chi connectivity index (χ3v) is 3.60. The van der Waals surface area contributed by atoms with Crippen LogP contribution >= 0.6 is 0 Å². The van der Waals surface area contributed by atoms with E-state index in [0.29, 0.717) is 32.6 Å². The second kappa shape index (κ2) is 5.16. The Kier molecular flexibility index (Phi) is 3.78. The zero-order valence-electron chi connectivity index (χ0n) is 11.1. The first-order valence-electron chi connectivity index (χ1n) is 6.38. The fourth-order valence-electron chi connectivity index (χ4n) is 2.47. The van der Waals surface area contributed by atoms with Crippen LogP contribution in [-0.4, -0.2) is 37.5 Å².